The summed E-state index contributed by atoms with van der Waals surface area (Å²) in [4.78, 5) is 38.0. The van der Waals surface area contributed by atoms with Gasteiger partial charge in [0.1, 0.15) is 13.2 Å². The van der Waals surface area contributed by atoms with Gasteiger partial charge in [-0.3, -0.25) is 14.4 Å². The Morgan fingerprint density at radius 1 is 0.280 bits per heavy atom. The van der Waals surface area contributed by atoms with Gasteiger partial charge >= 0.3 is 17.9 Å². The van der Waals surface area contributed by atoms with Gasteiger partial charge in [-0.1, -0.05) is 319 Å². The smallest absolute Gasteiger partial charge is 0.306 e. The van der Waals surface area contributed by atoms with Gasteiger partial charge < -0.3 is 14.2 Å². The molecule has 0 aliphatic heterocycles. The van der Waals surface area contributed by atoms with Crippen LogP contribution in [0.15, 0.2) is 60.8 Å². The second-order valence-electron chi connectivity index (χ2n) is 22.0. The van der Waals surface area contributed by atoms with Crippen LogP contribution in [0.25, 0.3) is 0 Å². The summed E-state index contributed by atoms with van der Waals surface area (Å²) in [6, 6.07) is 0. The van der Waals surface area contributed by atoms with Gasteiger partial charge in [0.15, 0.2) is 6.10 Å². The van der Waals surface area contributed by atoms with Crippen molar-refractivity contribution in [3.05, 3.63) is 60.8 Å². The first kappa shape index (κ1) is 72.1. The maximum Gasteiger partial charge on any atom is 0.306 e. The number of hydrogen-bond donors (Lipinski definition) is 0. The number of ether oxygens (including phenoxy) is 3. The number of esters is 3. The highest BCUT2D eigenvalue weighted by atomic mass is 16.6. The second-order valence-corrected chi connectivity index (χ2v) is 22.0. The third-order valence-corrected chi connectivity index (χ3v) is 14.5. The third kappa shape index (κ3) is 61.8. The van der Waals surface area contributed by atoms with Crippen molar-refractivity contribution in [2.75, 3.05) is 13.2 Å². The minimum Gasteiger partial charge on any atom is -0.462 e. The van der Waals surface area contributed by atoms with Gasteiger partial charge in [-0.15, -0.1) is 0 Å². The van der Waals surface area contributed by atoms with E-state index in [0.717, 1.165) is 96.3 Å². The van der Waals surface area contributed by atoms with Gasteiger partial charge in [0.25, 0.3) is 0 Å². The normalized spacial score (nSPS) is 12.4. The third-order valence-electron chi connectivity index (χ3n) is 14.5. The molecule has 0 saturated carbocycles. The van der Waals surface area contributed by atoms with E-state index in [0.29, 0.717) is 19.3 Å². The molecule has 0 heterocycles. The summed E-state index contributed by atoms with van der Waals surface area (Å²) in [5.74, 6) is -0.913. The van der Waals surface area contributed by atoms with Gasteiger partial charge in [0.05, 0.1) is 0 Å². The number of carbonyl (C=O) groups is 3. The molecule has 436 valence electrons. The molecule has 0 aromatic carbocycles. The van der Waals surface area contributed by atoms with Crippen LogP contribution in [0.4, 0.5) is 0 Å². The average molecular weight is 1050 g/mol. The largest absolute Gasteiger partial charge is 0.462 e. The van der Waals surface area contributed by atoms with Crippen molar-refractivity contribution in [2.45, 2.75) is 348 Å². The monoisotopic (exact) mass is 1050 g/mol. The summed E-state index contributed by atoms with van der Waals surface area (Å²) in [6.45, 7) is 6.48. The molecule has 75 heavy (non-hydrogen) atoms. The highest BCUT2D eigenvalue weighted by molar-refractivity contribution is 5.71. The molecule has 1 unspecified atom stereocenters. The lowest BCUT2D eigenvalue weighted by molar-refractivity contribution is -0.167. The summed E-state index contributed by atoms with van der Waals surface area (Å²) in [5, 5.41) is 0. The zero-order valence-electron chi connectivity index (χ0n) is 50.1. The predicted molar refractivity (Wildman–Crippen MR) is 325 cm³/mol. The van der Waals surface area contributed by atoms with Crippen molar-refractivity contribution in [2.24, 2.45) is 0 Å². The van der Waals surface area contributed by atoms with E-state index >= 15 is 0 Å². The number of rotatable bonds is 60. The van der Waals surface area contributed by atoms with Crippen LogP contribution in [0.3, 0.4) is 0 Å². The highest BCUT2D eigenvalue weighted by Gasteiger charge is 2.19. The molecule has 0 aromatic rings. The van der Waals surface area contributed by atoms with E-state index < -0.39 is 6.10 Å². The van der Waals surface area contributed by atoms with E-state index in [4.69, 9.17) is 14.2 Å². The molecule has 0 radical (unpaired) electrons. The molecule has 6 heteroatoms. The van der Waals surface area contributed by atoms with Crippen LogP contribution in [0, 0.1) is 0 Å². The summed E-state index contributed by atoms with van der Waals surface area (Å²) in [6.07, 6.45) is 81.5. The molecule has 0 amide bonds. The quantitative estimate of drug-likeness (QED) is 0.0261. The first-order chi connectivity index (χ1) is 37.0. The topological polar surface area (TPSA) is 78.9 Å². The van der Waals surface area contributed by atoms with Gasteiger partial charge in [0, 0.05) is 19.3 Å². The minimum atomic E-state index is -0.788. The Morgan fingerprint density at radius 3 is 0.813 bits per heavy atom. The van der Waals surface area contributed by atoms with Crippen LogP contribution >= 0.6 is 0 Å². The van der Waals surface area contributed by atoms with Gasteiger partial charge in [-0.25, -0.2) is 0 Å². The molecule has 1 atom stereocenters. The fourth-order valence-corrected chi connectivity index (χ4v) is 9.65. The first-order valence-electron chi connectivity index (χ1n) is 32.8. The van der Waals surface area contributed by atoms with E-state index in [1.165, 1.54) is 205 Å². The molecule has 0 saturated heterocycles. The van der Waals surface area contributed by atoms with Crippen LogP contribution < -0.4 is 0 Å². The van der Waals surface area contributed by atoms with Crippen LogP contribution in [0.5, 0.6) is 0 Å². The van der Waals surface area contributed by atoms with Crippen molar-refractivity contribution in [1.29, 1.82) is 0 Å². The van der Waals surface area contributed by atoms with E-state index in [-0.39, 0.29) is 31.1 Å². The maximum absolute atomic E-state index is 12.8. The van der Waals surface area contributed by atoms with Crippen LogP contribution in [0.1, 0.15) is 342 Å². The van der Waals surface area contributed by atoms with Crippen LogP contribution in [-0.2, 0) is 28.6 Å². The molecular weight excluding hydrogens is 925 g/mol. The maximum atomic E-state index is 12.8. The van der Waals surface area contributed by atoms with E-state index in [9.17, 15) is 14.4 Å². The van der Waals surface area contributed by atoms with Crippen LogP contribution in [0.2, 0.25) is 0 Å². The molecule has 0 fully saturated rings. The summed E-state index contributed by atoms with van der Waals surface area (Å²) in [7, 11) is 0. The zero-order chi connectivity index (χ0) is 54.3. The lowest BCUT2D eigenvalue weighted by atomic mass is 10.0. The fourth-order valence-electron chi connectivity index (χ4n) is 9.65. The highest BCUT2D eigenvalue weighted by Crippen LogP contribution is 2.18. The molecule has 0 aliphatic rings. The van der Waals surface area contributed by atoms with Crippen molar-refractivity contribution in [3.8, 4) is 0 Å². The molecule has 0 bridgehead atoms. The molecule has 0 aliphatic carbocycles. The van der Waals surface area contributed by atoms with E-state index in [2.05, 4.69) is 81.5 Å². The van der Waals surface area contributed by atoms with Crippen molar-refractivity contribution in [1.82, 2.24) is 0 Å². The Hall–Kier alpha value is -2.89. The standard InChI is InChI=1S/C69H124O6/c1-4-7-10-13-16-18-20-22-24-26-28-29-30-31-32-33-34-35-36-37-38-39-40-42-43-45-47-49-51-53-56-59-62-68(71)74-65-66(64-73-67(70)61-58-55-15-12-9-6-3)75-69(72)63-60-57-54-52-50-48-46-44-41-27-25-23-21-19-17-14-11-8-5-2/h8,11,17,19,23,25,41,44,48,50,66H,4-7,9-10,12-16,18,20-22,24,26-40,42-43,45-47,49,51-65H2,1-3H3/b11-8-,19-17-,25-23-,44-41-,50-48-. The van der Waals surface area contributed by atoms with Crippen molar-refractivity contribution < 1.29 is 28.6 Å². The Balaban J connectivity index is 3.99. The summed E-state index contributed by atoms with van der Waals surface area (Å²) in [5.41, 5.74) is 0. The molecule has 0 N–H and O–H groups in total. The number of hydrogen-bond acceptors (Lipinski definition) is 6. The summed E-state index contributed by atoms with van der Waals surface area (Å²) < 4.78 is 16.8. The SMILES string of the molecule is CC/C=C\C/C=C\C/C=C\C/C=C\C/C=C\CCCCCC(=O)OC(COC(=O)CCCCCCCC)COC(=O)CCCCCCCCCCCCCCCCCCCCCCCCCCCCCCCCCC. The van der Waals surface area contributed by atoms with E-state index in [1.807, 2.05) is 0 Å². The second kappa shape index (κ2) is 63.6. The first-order valence-corrected chi connectivity index (χ1v) is 32.8. The van der Waals surface area contributed by atoms with Crippen molar-refractivity contribution in [3.63, 3.8) is 0 Å². The van der Waals surface area contributed by atoms with Gasteiger partial charge in [-0.2, -0.15) is 0 Å². The fraction of sp³-hybridized carbons (Fsp3) is 0.812. The lowest BCUT2D eigenvalue weighted by Gasteiger charge is -2.18. The summed E-state index contributed by atoms with van der Waals surface area (Å²) >= 11 is 0. The van der Waals surface area contributed by atoms with Gasteiger partial charge in [-0.05, 0) is 64.2 Å². The van der Waals surface area contributed by atoms with Crippen molar-refractivity contribution >= 4 is 17.9 Å². The number of allylic oxidation sites excluding steroid dienone is 10. The van der Waals surface area contributed by atoms with E-state index in [1.54, 1.807) is 0 Å². The Labute approximate surface area is 466 Å². The molecule has 0 rings (SSSR count). The minimum absolute atomic E-state index is 0.0847. The molecule has 0 aromatic heterocycles. The number of carbonyl (C=O) groups excluding carboxylic acids is 3. The molecular formula is C69H124O6. The zero-order valence-corrected chi connectivity index (χ0v) is 50.1. The molecule has 6 nitrogen and oxygen atoms in total. The Kier molecular flexibility index (Phi) is 61.2. The number of unbranched alkanes of at least 4 members (excludes halogenated alkanes) is 39. The Morgan fingerprint density at radius 2 is 0.520 bits per heavy atom. The Bertz CT molecular complexity index is 1340. The predicted octanol–water partition coefficient (Wildman–Crippen LogP) is 22.3. The average Bonchev–Trinajstić information content (AvgIpc) is 3.41. The molecule has 0 spiro atoms. The van der Waals surface area contributed by atoms with Gasteiger partial charge in [0.2, 0.25) is 0 Å². The van der Waals surface area contributed by atoms with Crippen LogP contribution in [-0.4, -0.2) is 37.2 Å². The lowest BCUT2D eigenvalue weighted by Crippen LogP contribution is -2.30.